The summed E-state index contributed by atoms with van der Waals surface area (Å²) in [5.41, 5.74) is 7.87. The van der Waals surface area contributed by atoms with Gasteiger partial charge >= 0.3 is 0 Å². The number of nitrogens with two attached hydrogens (primary N) is 1. The molecule has 2 heterocycles. The maximum atomic E-state index is 9.79. The van der Waals surface area contributed by atoms with E-state index in [-0.39, 0.29) is 6.10 Å². The van der Waals surface area contributed by atoms with Crippen molar-refractivity contribution in [2.45, 2.75) is 43.9 Å². The Morgan fingerprint density at radius 1 is 1.24 bits per heavy atom. The minimum absolute atomic E-state index is 0.141. The number of nitrogen functional groups attached to an aromatic ring is 1. The number of piperidine rings is 1. The monoisotopic (exact) mass is 252 g/mol. The third kappa shape index (κ3) is 1.87. The Labute approximate surface area is 106 Å². The molecule has 4 heteroatoms. The first-order chi connectivity index (χ1) is 8.15. The van der Waals surface area contributed by atoms with E-state index in [1.54, 1.807) is 6.07 Å². The van der Waals surface area contributed by atoms with Gasteiger partial charge < -0.3 is 15.7 Å². The number of hydrogen-bond donors (Lipinski definition) is 2. The third-order valence-corrected chi connectivity index (χ3v) is 4.21. The molecule has 3 rings (SSSR count). The minimum atomic E-state index is -0.141. The number of rotatable bonds is 1. The van der Waals surface area contributed by atoms with Gasteiger partial charge in [0.15, 0.2) is 0 Å². The van der Waals surface area contributed by atoms with E-state index in [4.69, 9.17) is 17.3 Å². The van der Waals surface area contributed by atoms with Gasteiger partial charge in [0, 0.05) is 17.1 Å². The molecule has 3 nitrogen and oxygen atoms in total. The van der Waals surface area contributed by atoms with Crippen molar-refractivity contribution in [3.8, 4) is 0 Å². The summed E-state index contributed by atoms with van der Waals surface area (Å²) in [7, 11) is 0. The summed E-state index contributed by atoms with van der Waals surface area (Å²) in [4.78, 5) is 2.39. The highest BCUT2D eigenvalue weighted by Crippen LogP contribution is 2.41. The highest BCUT2D eigenvalue weighted by Gasteiger charge is 2.40. The van der Waals surface area contributed by atoms with E-state index in [0.717, 1.165) is 37.1 Å². The molecule has 3 N–H and O–H groups in total. The van der Waals surface area contributed by atoms with E-state index in [2.05, 4.69) is 4.90 Å². The molecule has 2 bridgehead atoms. The lowest BCUT2D eigenvalue weighted by molar-refractivity contribution is 0.126. The smallest absolute Gasteiger partial charge is 0.0606 e. The van der Waals surface area contributed by atoms with Crippen LogP contribution in [0.4, 0.5) is 11.4 Å². The van der Waals surface area contributed by atoms with E-state index in [9.17, 15) is 5.11 Å². The largest absolute Gasteiger partial charge is 0.397 e. The van der Waals surface area contributed by atoms with Crippen LogP contribution in [-0.4, -0.2) is 23.3 Å². The predicted molar refractivity (Wildman–Crippen MR) is 70.4 cm³/mol. The fraction of sp³-hybridized carbons (Fsp3) is 0.538. The lowest BCUT2D eigenvalue weighted by atomic mass is 9.99. The normalized spacial score (nSPS) is 31.9. The van der Waals surface area contributed by atoms with Crippen LogP contribution in [0.3, 0.4) is 0 Å². The van der Waals surface area contributed by atoms with Crippen molar-refractivity contribution in [3.05, 3.63) is 23.2 Å². The zero-order valence-corrected chi connectivity index (χ0v) is 10.4. The number of hydrogen-bond acceptors (Lipinski definition) is 3. The molecule has 0 radical (unpaired) electrons. The highest BCUT2D eigenvalue weighted by molar-refractivity contribution is 6.31. The molecule has 0 aromatic heterocycles. The number of fused-ring (bicyclic) bond motifs is 2. The van der Waals surface area contributed by atoms with Crippen LogP contribution in [0.25, 0.3) is 0 Å². The van der Waals surface area contributed by atoms with Gasteiger partial charge in [0.25, 0.3) is 0 Å². The van der Waals surface area contributed by atoms with Crippen molar-refractivity contribution in [1.82, 2.24) is 0 Å². The van der Waals surface area contributed by atoms with Gasteiger partial charge in [0.05, 0.1) is 17.5 Å². The van der Waals surface area contributed by atoms with Crippen molar-refractivity contribution in [1.29, 1.82) is 0 Å². The molecule has 1 aromatic carbocycles. The average Bonchev–Trinajstić information content (AvgIpc) is 2.53. The van der Waals surface area contributed by atoms with Gasteiger partial charge in [-0.25, -0.2) is 0 Å². The van der Waals surface area contributed by atoms with Gasteiger partial charge in [-0.2, -0.15) is 0 Å². The Hall–Kier alpha value is -0.930. The first-order valence-electron chi connectivity index (χ1n) is 6.16. The summed E-state index contributed by atoms with van der Waals surface area (Å²) >= 11 is 5.93. The lowest BCUT2D eigenvalue weighted by Gasteiger charge is -2.39. The second-order valence-corrected chi connectivity index (χ2v) is 5.56. The molecule has 1 aromatic rings. The molecule has 0 spiro atoms. The Morgan fingerprint density at radius 2 is 1.88 bits per heavy atom. The molecule has 2 fully saturated rings. The Morgan fingerprint density at radius 3 is 2.47 bits per heavy atom. The summed E-state index contributed by atoms with van der Waals surface area (Å²) in [6.07, 6.45) is 3.89. The van der Waals surface area contributed by atoms with Crippen LogP contribution in [-0.2, 0) is 0 Å². The fourth-order valence-corrected chi connectivity index (χ4v) is 3.48. The third-order valence-electron chi connectivity index (χ3n) is 3.98. The SMILES string of the molecule is Nc1cc(Cl)ccc1N1C2CCC1CC(O)C2. The first-order valence-corrected chi connectivity index (χ1v) is 6.54. The molecule has 0 aliphatic carbocycles. The van der Waals surface area contributed by atoms with Crippen molar-refractivity contribution >= 4 is 23.0 Å². The lowest BCUT2D eigenvalue weighted by Crippen LogP contribution is -2.45. The van der Waals surface area contributed by atoms with Crippen LogP contribution >= 0.6 is 11.6 Å². The standard InChI is InChI=1S/C13H17ClN2O/c14-8-1-4-13(12(15)5-8)16-9-2-3-10(16)7-11(17)6-9/h1,4-5,9-11,17H,2-3,6-7,15H2. The summed E-state index contributed by atoms with van der Waals surface area (Å²) in [5, 5.41) is 10.5. The maximum absolute atomic E-state index is 9.79. The number of nitrogens with zero attached hydrogens (tertiary/aromatic N) is 1. The van der Waals surface area contributed by atoms with Crippen LogP contribution in [0, 0.1) is 0 Å². The second-order valence-electron chi connectivity index (χ2n) is 5.12. The number of aliphatic hydroxyl groups is 1. The van der Waals surface area contributed by atoms with E-state index in [1.165, 1.54) is 0 Å². The van der Waals surface area contributed by atoms with E-state index in [0.29, 0.717) is 17.1 Å². The van der Waals surface area contributed by atoms with E-state index >= 15 is 0 Å². The zero-order valence-electron chi connectivity index (χ0n) is 9.64. The van der Waals surface area contributed by atoms with Crippen LogP contribution in [0.15, 0.2) is 18.2 Å². The first kappa shape index (κ1) is 11.2. The van der Waals surface area contributed by atoms with Gasteiger partial charge in [-0.15, -0.1) is 0 Å². The number of aliphatic hydroxyl groups excluding tert-OH is 1. The van der Waals surface area contributed by atoms with Crippen LogP contribution < -0.4 is 10.6 Å². The van der Waals surface area contributed by atoms with Gasteiger partial charge in [0.1, 0.15) is 0 Å². The molecular weight excluding hydrogens is 236 g/mol. The Bertz CT molecular complexity index is 423. The summed E-state index contributed by atoms with van der Waals surface area (Å²) in [6, 6.07) is 6.57. The molecule has 17 heavy (non-hydrogen) atoms. The second kappa shape index (κ2) is 4.07. The van der Waals surface area contributed by atoms with Crippen molar-refractivity contribution < 1.29 is 5.11 Å². The summed E-state index contributed by atoms with van der Waals surface area (Å²) < 4.78 is 0. The number of halogens is 1. The van der Waals surface area contributed by atoms with Gasteiger partial charge in [0.2, 0.25) is 0 Å². The molecule has 0 saturated carbocycles. The maximum Gasteiger partial charge on any atom is 0.0606 e. The number of benzene rings is 1. The zero-order chi connectivity index (χ0) is 12.0. The minimum Gasteiger partial charge on any atom is -0.397 e. The fourth-order valence-electron chi connectivity index (χ4n) is 3.30. The van der Waals surface area contributed by atoms with Crippen LogP contribution in [0.5, 0.6) is 0 Å². The quantitative estimate of drug-likeness (QED) is 0.755. The highest BCUT2D eigenvalue weighted by atomic mass is 35.5. The van der Waals surface area contributed by atoms with Crippen molar-refractivity contribution in [2.24, 2.45) is 0 Å². The molecule has 2 atom stereocenters. The molecule has 2 aliphatic heterocycles. The molecule has 2 saturated heterocycles. The molecule has 0 amide bonds. The van der Waals surface area contributed by atoms with E-state index in [1.807, 2.05) is 12.1 Å². The van der Waals surface area contributed by atoms with Crippen molar-refractivity contribution in [2.75, 3.05) is 10.6 Å². The Balaban J connectivity index is 1.94. The van der Waals surface area contributed by atoms with Gasteiger partial charge in [-0.05, 0) is 43.9 Å². The topological polar surface area (TPSA) is 49.5 Å². The van der Waals surface area contributed by atoms with Gasteiger partial charge in [-0.3, -0.25) is 0 Å². The van der Waals surface area contributed by atoms with E-state index < -0.39 is 0 Å². The predicted octanol–water partition coefficient (Wildman–Crippen LogP) is 2.41. The molecule has 92 valence electrons. The average molecular weight is 253 g/mol. The van der Waals surface area contributed by atoms with Crippen molar-refractivity contribution in [3.63, 3.8) is 0 Å². The molecule has 2 unspecified atom stereocenters. The Kier molecular flexibility index (Phi) is 2.68. The number of anilines is 2. The van der Waals surface area contributed by atoms with Gasteiger partial charge in [-0.1, -0.05) is 11.6 Å². The summed E-state index contributed by atoms with van der Waals surface area (Å²) in [5.74, 6) is 0. The summed E-state index contributed by atoms with van der Waals surface area (Å²) in [6.45, 7) is 0. The molecular formula is C13H17ClN2O. The van der Waals surface area contributed by atoms with Crippen LogP contribution in [0.2, 0.25) is 5.02 Å². The molecule has 2 aliphatic rings. The van der Waals surface area contributed by atoms with Crippen LogP contribution in [0.1, 0.15) is 25.7 Å².